The molecule has 1 aromatic carbocycles. The van der Waals surface area contributed by atoms with Gasteiger partial charge in [-0.3, -0.25) is 4.79 Å². The van der Waals surface area contributed by atoms with Gasteiger partial charge in [0, 0.05) is 11.5 Å². The molecule has 0 aliphatic rings. The lowest BCUT2D eigenvalue weighted by Crippen LogP contribution is -2.28. The quantitative estimate of drug-likeness (QED) is 0.411. The van der Waals surface area contributed by atoms with Crippen LogP contribution in [0.15, 0.2) is 24.3 Å². The number of ketones is 1. The molecule has 0 aromatic heterocycles. The molecule has 0 aliphatic heterocycles. The van der Waals surface area contributed by atoms with Crippen LogP contribution in [0.3, 0.4) is 0 Å². The number of carbonyl (C=O) groups excluding carboxylic acids is 1. The smallest absolute Gasteiger partial charge is 0.166 e. The minimum atomic E-state index is 0.0345. The predicted octanol–water partition coefficient (Wildman–Crippen LogP) is 6.20. The summed E-state index contributed by atoms with van der Waals surface area (Å²) in [5.41, 5.74) is 2.11. The summed E-state index contributed by atoms with van der Waals surface area (Å²) in [6.07, 6.45) is 7.31. The lowest BCUT2D eigenvalue weighted by atomic mass is 9.73. The minimum Gasteiger partial charge on any atom is -0.294 e. The van der Waals surface area contributed by atoms with E-state index in [1.807, 2.05) is 24.3 Å². The SMILES string of the molecule is CCCCCCCC(C(=O)c1ccc(C)cc1)C(C)(C)C. The first-order valence-corrected chi connectivity index (χ1v) is 8.47. The summed E-state index contributed by atoms with van der Waals surface area (Å²) < 4.78 is 0. The van der Waals surface area contributed by atoms with Crippen LogP contribution in [0.2, 0.25) is 0 Å². The third-order valence-electron chi connectivity index (χ3n) is 4.29. The first-order chi connectivity index (χ1) is 9.86. The van der Waals surface area contributed by atoms with Crippen molar-refractivity contribution in [1.82, 2.24) is 0 Å². The van der Waals surface area contributed by atoms with Crippen LogP contribution in [0.5, 0.6) is 0 Å². The van der Waals surface area contributed by atoms with Crippen molar-refractivity contribution >= 4 is 5.78 Å². The van der Waals surface area contributed by atoms with Gasteiger partial charge < -0.3 is 0 Å². The van der Waals surface area contributed by atoms with Gasteiger partial charge in [-0.2, -0.15) is 0 Å². The van der Waals surface area contributed by atoms with Crippen molar-refractivity contribution in [3.05, 3.63) is 35.4 Å². The van der Waals surface area contributed by atoms with Crippen molar-refractivity contribution in [2.75, 3.05) is 0 Å². The average molecular weight is 288 g/mol. The number of hydrogen-bond donors (Lipinski definition) is 0. The topological polar surface area (TPSA) is 17.1 Å². The summed E-state index contributed by atoms with van der Waals surface area (Å²) in [6.45, 7) is 10.9. The van der Waals surface area contributed by atoms with Gasteiger partial charge in [0.25, 0.3) is 0 Å². The second-order valence-corrected chi connectivity index (χ2v) is 7.35. The Kier molecular flexibility index (Phi) is 7.14. The Balaban J connectivity index is 2.69. The van der Waals surface area contributed by atoms with Crippen LogP contribution in [-0.2, 0) is 0 Å². The molecule has 118 valence electrons. The van der Waals surface area contributed by atoms with Crippen molar-refractivity contribution in [3.8, 4) is 0 Å². The Hall–Kier alpha value is -1.11. The van der Waals surface area contributed by atoms with Gasteiger partial charge in [0.05, 0.1) is 0 Å². The molecule has 0 aliphatic carbocycles. The van der Waals surface area contributed by atoms with E-state index >= 15 is 0 Å². The van der Waals surface area contributed by atoms with Gasteiger partial charge in [0.15, 0.2) is 5.78 Å². The van der Waals surface area contributed by atoms with E-state index in [0.717, 1.165) is 12.0 Å². The Morgan fingerprint density at radius 2 is 1.57 bits per heavy atom. The third-order valence-corrected chi connectivity index (χ3v) is 4.29. The van der Waals surface area contributed by atoms with Crippen molar-refractivity contribution in [2.45, 2.75) is 73.1 Å². The number of rotatable bonds is 8. The molecule has 0 saturated carbocycles. The van der Waals surface area contributed by atoms with E-state index < -0.39 is 0 Å². The van der Waals surface area contributed by atoms with Crippen LogP contribution in [0.4, 0.5) is 0 Å². The van der Waals surface area contributed by atoms with Crippen molar-refractivity contribution in [1.29, 1.82) is 0 Å². The maximum absolute atomic E-state index is 12.8. The van der Waals surface area contributed by atoms with E-state index in [9.17, 15) is 4.79 Å². The summed E-state index contributed by atoms with van der Waals surface area (Å²) in [6, 6.07) is 8.03. The fourth-order valence-electron chi connectivity index (χ4n) is 2.83. The van der Waals surface area contributed by atoms with Gasteiger partial charge >= 0.3 is 0 Å². The normalized spacial score (nSPS) is 13.2. The number of benzene rings is 1. The lowest BCUT2D eigenvalue weighted by Gasteiger charge is -2.29. The van der Waals surface area contributed by atoms with E-state index in [1.54, 1.807) is 0 Å². The lowest BCUT2D eigenvalue weighted by molar-refractivity contribution is 0.0799. The molecule has 0 N–H and O–H groups in total. The predicted molar refractivity (Wildman–Crippen MR) is 91.8 cm³/mol. The van der Waals surface area contributed by atoms with E-state index in [0.29, 0.717) is 5.78 Å². The molecule has 1 nitrogen and oxygen atoms in total. The molecule has 1 aromatic rings. The molecule has 0 amide bonds. The standard InChI is InChI=1S/C20H32O/c1-6-7-8-9-10-11-18(20(3,4)5)19(21)17-14-12-16(2)13-15-17/h12-15,18H,6-11H2,1-5H3. The van der Waals surface area contributed by atoms with Crippen LogP contribution >= 0.6 is 0 Å². The molecule has 0 radical (unpaired) electrons. The van der Waals surface area contributed by atoms with E-state index in [2.05, 4.69) is 34.6 Å². The largest absolute Gasteiger partial charge is 0.294 e. The summed E-state index contributed by atoms with van der Waals surface area (Å²) in [4.78, 5) is 12.8. The van der Waals surface area contributed by atoms with Crippen LogP contribution in [-0.4, -0.2) is 5.78 Å². The highest BCUT2D eigenvalue weighted by Gasteiger charge is 2.31. The van der Waals surface area contributed by atoms with Crippen LogP contribution in [0.1, 0.15) is 82.1 Å². The van der Waals surface area contributed by atoms with Crippen molar-refractivity contribution in [3.63, 3.8) is 0 Å². The highest BCUT2D eigenvalue weighted by molar-refractivity contribution is 5.98. The second kappa shape index (κ2) is 8.36. The average Bonchev–Trinajstić information content (AvgIpc) is 2.41. The Morgan fingerprint density at radius 3 is 2.10 bits per heavy atom. The number of aryl methyl sites for hydroxylation is 1. The molecule has 1 unspecified atom stereocenters. The molecule has 1 rings (SSSR count). The molecule has 0 saturated heterocycles. The third kappa shape index (κ3) is 6.03. The van der Waals surface area contributed by atoms with Crippen LogP contribution < -0.4 is 0 Å². The van der Waals surface area contributed by atoms with Gasteiger partial charge in [-0.15, -0.1) is 0 Å². The molecule has 1 heteroatoms. The van der Waals surface area contributed by atoms with Gasteiger partial charge in [-0.1, -0.05) is 89.6 Å². The van der Waals surface area contributed by atoms with Crippen LogP contribution in [0.25, 0.3) is 0 Å². The summed E-state index contributed by atoms with van der Waals surface area (Å²) in [5.74, 6) is 0.444. The van der Waals surface area contributed by atoms with E-state index in [4.69, 9.17) is 0 Å². The van der Waals surface area contributed by atoms with E-state index in [1.165, 1.54) is 37.7 Å². The molecule has 21 heavy (non-hydrogen) atoms. The first kappa shape index (κ1) is 17.9. The molecule has 1 atom stereocenters. The van der Waals surface area contributed by atoms with Crippen molar-refractivity contribution < 1.29 is 4.79 Å². The second-order valence-electron chi connectivity index (χ2n) is 7.35. The summed E-state index contributed by atoms with van der Waals surface area (Å²) in [7, 11) is 0. The maximum Gasteiger partial charge on any atom is 0.166 e. The van der Waals surface area contributed by atoms with E-state index in [-0.39, 0.29) is 11.3 Å². The molecular weight excluding hydrogens is 256 g/mol. The number of carbonyl (C=O) groups is 1. The zero-order chi connectivity index (χ0) is 15.9. The number of unbranched alkanes of at least 4 members (excludes halogenated alkanes) is 4. The van der Waals surface area contributed by atoms with Gasteiger partial charge in [0.1, 0.15) is 0 Å². The minimum absolute atomic E-state index is 0.0345. The monoisotopic (exact) mass is 288 g/mol. The Labute approximate surface area is 131 Å². The first-order valence-electron chi connectivity index (χ1n) is 8.47. The highest BCUT2D eigenvalue weighted by Crippen LogP contribution is 2.33. The molecule has 0 spiro atoms. The fraction of sp³-hybridized carbons (Fsp3) is 0.650. The zero-order valence-corrected chi connectivity index (χ0v) is 14.5. The molecule has 0 bridgehead atoms. The molecular formula is C20H32O. The summed E-state index contributed by atoms with van der Waals surface area (Å²) in [5, 5.41) is 0. The summed E-state index contributed by atoms with van der Waals surface area (Å²) >= 11 is 0. The number of hydrogen-bond acceptors (Lipinski definition) is 1. The number of Topliss-reactive ketones (excluding diaryl/α,β-unsaturated/α-hetero) is 1. The fourth-order valence-corrected chi connectivity index (χ4v) is 2.83. The zero-order valence-electron chi connectivity index (χ0n) is 14.5. The highest BCUT2D eigenvalue weighted by atomic mass is 16.1. The Morgan fingerprint density at radius 1 is 1.00 bits per heavy atom. The van der Waals surface area contributed by atoms with Gasteiger partial charge in [-0.05, 0) is 18.8 Å². The molecule has 0 fully saturated rings. The maximum atomic E-state index is 12.8. The van der Waals surface area contributed by atoms with Crippen LogP contribution in [0, 0.1) is 18.3 Å². The molecule has 0 heterocycles. The Bertz CT molecular complexity index is 422. The van der Waals surface area contributed by atoms with Gasteiger partial charge in [0.2, 0.25) is 0 Å². The van der Waals surface area contributed by atoms with Crippen molar-refractivity contribution in [2.24, 2.45) is 11.3 Å². The van der Waals surface area contributed by atoms with Gasteiger partial charge in [-0.25, -0.2) is 0 Å².